The molecule has 1 rings (SSSR count). The van der Waals surface area contributed by atoms with E-state index in [0.29, 0.717) is 13.2 Å². The van der Waals surface area contributed by atoms with Crippen LogP contribution in [0.1, 0.15) is 18.1 Å². The molecule has 0 bridgehead atoms. The average Bonchev–Trinajstić information content (AvgIpc) is 2.25. The van der Waals surface area contributed by atoms with Crippen LogP contribution in [0.3, 0.4) is 0 Å². The van der Waals surface area contributed by atoms with E-state index in [0.717, 1.165) is 11.3 Å². The summed E-state index contributed by atoms with van der Waals surface area (Å²) in [5, 5.41) is 9.54. The Hall–Kier alpha value is -1.06. The summed E-state index contributed by atoms with van der Waals surface area (Å²) in [4.78, 5) is 0. The van der Waals surface area contributed by atoms with Gasteiger partial charge in [-0.05, 0) is 32.4 Å². The lowest BCUT2D eigenvalue weighted by Gasteiger charge is -2.13. The smallest absolute Gasteiger partial charge is 0.122 e. The minimum absolute atomic E-state index is 0.268. The van der Waals surface area contributed by atoms with Gasteiger partial charge in [-0.25, -0.2) is 0 Å². The molecule has 3 nitrogen and oxygen atoms in total. The van der Waals surface area contributed by atoms with Gasteiger partial charge in [-0.2, -0.15) is 0 Å². The minimum atomic E-state index is -0.569. The van der Waals surface area contributed by atoms with Gasteiger partial charge in [0.2, 0.25) is 0 Å². The first kappa shape index (κ1) is 13.0. The summed E-state index contributed by atoms with van der Waals surface area (Å²) in [5.74, 6) is 0.821. The van der Waals surface area contributed by atoms with Gasteiger partial charge < -0.3 is 14.6 Å². The monoisotopic (exact) mass is 224 g/mol. The first-order valence-corrected chi connectivity index (χ1v) is 5.59. The zero-order chi connectivity index (χ0) is 12.0. The van der Waals surface area contributed by atoms with Gasteiger partial charge >= 0.3 is 0 Å². The van der Waals surface area contributed by atoms with E-state index < -0.39 is 6.10 Å². The Bertz CT molecular complexity index is 323. The van der Waals surface area contributed by atoms with Gasteiger partial charge in [0.05, 0.1) is 6.61 Å². The first-order chi connectivity index (χ1) is 7.63. The lowest BCUT2D eigenvalue weighted by atomic mass is 10.1. The zero-order valence-corrected chi connectivity index (χ0v) is 10.2. The average molecular weight is 224 g/mol. The molecule has 0 amide bonds. The van der Waals surface area contributed by atoms with Crippen LogP contribution in [-0.4, -0.2) is 31.0 Å². The lowest BCUT2D eigenvalue weighted by molar-refractivity contribution is 0.0163. The van der Waals surface area contributed by atoms with Crippen LogP contribution in [0, 0.1) is 13.8 Å². The Morgan fingerprint density at radius 1 is 1.25 bits per heavy atom. The topological polar surface area (TPSA) is 38.7 Å². The molecule has 0 saturated heterocycles. The number of aliphatic hydroxyl groups is 1. The van der Waals surface area contributed by atoms with Crippen molar-refractivity contribution >= 4 is 0 Å². The third-order valence-corrected chi connectivity index (χ3v) is 2.28. The van der Waals surface area contributed by atoms with E-state index in [1.54, 1.807) is 0 Å². The van der Waals surface area contributed by atoms with Gasteiger partial charge in [-0.3, -0.25) is 0 Å². The van der Waals surface area contributed by atoms with Crippen molar-refractivity contribution in [2.24, 2.45) is 0 Å². The Labute approximate surface area is 97.0 Å². The molecule has 3 heteroatoms. The zero-order valence-electron chi connectivity index (χ0n) is 10.2. The van der Waals surface area contributed by atoms with Crippen LogP contribution in [0.5, 0.6) is 5.75 Å². The molecule has 1 N–H and O–H groups in total. The van der Waals surface area contributed by atoms with Crippen LogP contribution in [0.15, 0.2) is 18.2 Å². The summed E-state index contributed by atoms with van der Waals surface area (Å²) in [7, 11) is 0. The van der Waals surface area contributed by atoms with E-state index in [2.05, 4.69) is 6.07 Å². The van der Waals surface area contributed by atoms with Crippen molar-refractivity contribution in [3.8, 4) is 5.75 Å². The fourth-order valence-corrected chi connectivity index (χ4v) is 1.45. The molecule has 0 aromatic heterocycles. The number of benzene rings is 1. The molecule has 1 atom stereocenters. The van der Waals surface area contributed by atoms with E-state index in [-0.39, 0.29) is 6.61 Å². The van der Waals surface area contributed by atoms with Gasteiger partial charge in [0, 0.05) is 6.61 Å². The molecule has 0 fully saturated rings. The lowest BCUT2D eigenvalue weighted by Crippen LogP contribution is -2.23. The Kier molecular flexibility index (Phi) is 5.29. The van der Waals surface area contributed by atoms with Gasteiger partial charge in [-0.15, -0.1) is 0 Å². The molecule has 16 heavy (non-hydrogen) atoms. The minimum Gasteiger partial charge on any atom is -0.491 e. The summed E-state index contributed by atoms with van der Waals surface area (Å²) < 4.78 is 10.6. The summed E-state index contributed by atoms with van der Waals surface area (Å²) in [6, 6.07) is 5.99. The Balaban J connectivity index is 2.42. The molecule has 90 valence electrons. The normalized spacial score (nSPS) is 12.5. The van der Waals surface area contributed by atoms with Crippen LogP contribution < -0.4 is 4.74 Å². The summed E-state index contributed by atoms with van der Waals surface area (Å²) in [6.07, 6.45) is -0.569. The predicted octanol–water partition coefficient (Wildman–Crippen LogP) is 2.08. The second kappa shape index (κ2) is 6.51. The molecule has 0 heterocycles. The summed E-state index contributed by atoms with van der Waals surface area (Å²) in [5.41, 5.74) is 2.29. The highest BCUT2D eigenvalue weighted by Crippen LogP contribution is 2.18. The molecule has 1 aromatic rings. The first-order valence-electron chi connectivity index (χ1n) is 5.59. The quantitative estimate of drug-likeness (QED) is 0.804. The number of ether oxygens (including phenoxy) is 2. The maximum absolute atomic E-state index is 9.54. The van der Waals surface area contributed by atoms with Gasteiger partial charge in [0.25, 0.3) is 0 Å². The Morgan fingerprint density at radius 3 is 2.62 bits per heavy atom. The van der Waals surface area contributed by atoms with Crippen molar-refractivity contribution in [1.82, 2.24) is 0 Å². The number of aliphatic hydroxyl groups excluding tert-OH is 1. The molecule has 0 spiro atoms. The maximum atomic E-state index is 9.54. The number of hydrogen-bond donors (Lipinski definition) is 1. The highest BCUT2D eigenvalue weighted by atomic mass is 16.5. The molecule has 0 aliphatic rings. The van der Waals surface area contributed by atoms with E-state index in [4.69, 9.17) is 9.47 Å². The van der Waals surface area contributed by atoms with Crippen molar-refractivity contribution in [1.29, 1.82) is 0 Å². The number of aryl methyl sites for hydroxylation is 2. The number of hydrogen-bond acceptors (Lipinski definition) is 3. The van der Waals surface area contributed by atoms with Crippen molar-refractivity contribution in [3.63, 3.8) is 0 Å². The Morgan fingerprint density at radius 2 is 2.00 bits per heavy atom. The van der Waals surface area contributed by atoms with Gasteiger partial charge in [-0.1, -0.05) is 17.7 Å². The van der Waals surface area contributed by atoms with E-state index in [9.17, 15) is 5.11 Å². The SMILES string of the molecule is CCOC[C@@H](O)COc1ccc(C)cc1C. The fraction of sp³-hybridized carbons (Fsp3) is 0.538. The standard InChI is InChI=1S/C13H20O3/c1-4-15-8-12(14)9-16-13-6-5-10(2)7-11(13)3/h5-7,12,14H,4,8-9H2,1-3H3/t12-/m1/s1. The second-order valence-corrected chi connectivity index (χ2v) is 3.89. The summed E-state index contributed by atoms with van der Waals surface area (Å²) in [6.45, 7) is 7.14. The van der Waals surface area contributed by atoms with Crippen LogP contribution in [0.4, 0.5) is 0 Å². The molecule has 1 aromatic carbocycles. The summed E-state index contributed by atoms with van der Waals surface area (Å²) >= 11 is 0. The van der Waals surface area contributed by atoms with Crippen molar-refractivity contribution in [3.05, 3.63) is 29.3 Å². The third kappa shape index (κ3) is 4.21. The van der Waals surface area contributed by atoms with Crippen LogP contribution in [0.2, 0.25) is 0 Å². The molecular formula is C13H20O3. The van der Waals surface area contributed by atoms with Crippen molar-refractivity contribution in [2.75, 3.05) is 19.8 Å². The molecule has 0 aliphatic heterocycles. The van der Waals surface area contributed by atoms with E-state index in [1.165, 1.54) is 5.56 Å². The van der Waals surface area contributed by atoms with Crippen molar-refractivity contribution < 1.29 is 14.6 Å². The molecule has 0 aliphatic carbocycles. The highest BCUT2D eigenvalue weighted by molar-refractivity contribution is 5.35. The van der Waals surface area contributed by atoms with E-state index in [1.807, 2.05) is 32.9 Å². The van der Waals surface area contributed by atoms with E-state index >= 15 is 0 Å². The van der Waals surface area contributed by atoms with Crippen molar-refractivity contribution in [2.45, 2.75) is 26.9 Å². The highest BCUT2D eigenvalue weighted by Gasteiger charge is 2.06. The number of rotatable bonds is 6. The maximum Gasteiger partial charge on any atom is 0.122 e. The molecular weight excluding hydrogens is 204 g/mol. The van der Waals surface area contributed by atoms with Crippen LogP contribution >= 0.6 is 0 Å². The molecule has 0 unspecified atom stereocenters. The van der Waals surface area contributed by atoms with Crippen LogP contribution in [-0.2, 0) is 4.74 Å². The molecule has 0 saturated carbocycles. The van der Waals surface area contributed by atoms with Gasteiger partial charge in [0.1, 0.15) is 18.5 Å². The van der Waals surface area contributed by atoms with Gasteiger partial charge in [0.15, 0.2) is 0 Å². The van der Waals surface area contributed by atoms with Crippen LogP contribution in [0.25, 0.3) is 0 Å². The fourth-order valence-electron chi connectivity index (χ4n) is 1.45. The second-order valence-electron chi connectivity index (χ2n) is 3.89. The third-order valence-electron chi connectivity index (χ3n) is 2.28. The predicted molar refractivity (Wildman–Crippen MR) is 63.9 cm³/mol. The largest absolute Gasteiger partial charge is 0.491 e. The molecule has 0 radical (unpaired) electrons.